The van der Waals surface area contributed by atoms with Gasteiger partial charge >= 0.3 is 0 Å². The summed E-state index contributed by atoms with van der Waals surface area (Å²) in [6.45, 7) is 6.03. The van der Waals surface area contributed by atoms with Crippen molar-refractivity contribution in [2.75, 3.05) is 11.9 Å². The first kappa shape index (κ1) is 10.6. The van der Waals surface area contributed by atoms with Crippen LogP contribution < -0.4 is 4.90 Å². The van der Waals surface area contributed by atoms with E-state index >= 15 is 0 Å². The van der Waals surface area contributed by atoms with Gasteiger partial charge in [-0.3, -0.25) is 0 Å². The molecule has 0 radical (unpaired) electrons. The lowest BCUT2D eigenvalue weighted by molar-refractivity contribution is 0.831. The zero-order valence-corrected chi connectivity index (χ0v) is 9.20. The van der Waals surface area contributed by atoms with Crippen molar-refractivity contribution in [2.24, 2.45) is 0 Å². The quantitative estimate of drug-likeness (QED) is 0.713. The average Bonchev–Trinajstić information content (AvgIpc) is 2.19. The van der Waals surface area contributed by atoms with Gasteiger partial charge in [0.2, 0.25) is 0 Å². The molecule has 0 aliphatic rings. The molecule has 0 saturated carbocycles. The summed E-state index contributed by atoms with van der Waals surface area (Å²) in [5.74, 6) is 0. The lowest BCUT2D eigenvalue weighted by atomic mass is 10.1. The SMILES string of the molecule is Cc1ccc(C)c(N(C)C(C)C#N)c1. The monoisotopic (exact) mass is 188 g/mol. The Balaban J connectivity index is 3.07. The van der Waals surface area contributed by atoms with Gasteiger partial charge < -0.3 is 4.90 Å². The molecule has 14 heavy (non-hydrogen) atoms. The van der Waals surface area contributed by atoms with Gasteiger partial charge in [-0.2, -0.15) is 5.26 Å². The molecule has 74 valence electrons. The Morgan fingerprint density at radius 2 is 2.00 bits per heavy atom. The van der Waals surface area contributed by atoms with Crippen molar-refractivity contribution in [1.29, 1.82) is 5.26 Å². The van der Waals surface area contributed by atoms with Crippen LogP contribution in [0.4, 0.5) is 5.69 Å². The fourth-order valence-corrected chi connectivity index (χ4v) is 1.39. The van der Waals surface area contributed by atoms with Gasteiger partial charge in [0.05, 0.1) is 6.07 Å². The van der Waals surface area contributed by atoms with E-state index in [-0.39, 0.29) is 6.04 Å². The van der Waals surface area contributed by atoms with Crippen LogP contribution >= 0.6 is 0 Å². The first-order valence-electron chi connectivity index (χ1n) is 4.76. The topological polar surface area (TPSA) is 27.0 Å². The molecule has 2 nitrogen and oxygen atoms in total. The predicted octanol–water partition coefficient (Wildman–Crippen LogP) is 2.65. The van der Waals surface area contributed by atoms with Gasteiger partial charge in [-0.1, -0.05) is 12.1 Å². The number of hydrogen-bond acceptors (Lipinski definition) is 2. The highest BCUT2D eigenvalue weighted by molar-refractivity contribution is 5.55. The zero-order valence-electron chi connectivity index (χ0n) is 9.20. The Hall–Kier alpha value is -1.49. The highest BCUT2D eigenvalue weighted by Crippen LogP contribution is 2.21. The molecule has 0 bridgehead atoms. The summed E-state index contributed by atoms with van der Waals surface area (Å²) in [5, 5.41) is 8.84. The van der Waals surface area contributed by atoms with Crippen LogP contribution in [0.15, 0.2) is 18.2 Å². The summed E-state index contributed by atoms with van der Waals surface area (Å²) >= 11 is 0. The van der Waals surface area contributed by atoms with Gasteiger partial charge in [0.25, 0.3) is 0 Å². The third kappa shape index (κ3) is 2.05. The fraction of sp³-hybridized carbons (Fsp3) is 0.417. The lowest BCUT2D eigenvalue weighted by Gasteiger charge is -2.24. The summed E-state index contributed by atoms with van der Waals surface area (Å²) in [4.78, 5) is 2.00. The molecule has 0 saturated heterocycles. The van der Waals surface area contributed by atoms with Gasteiger partial charge in [0, 0.05) is 12.7 Å². The number of nitrogens with zero attached hydrogens (tertiary/aromatic N) is 2. The lowest BCUT2D eigenvalue weighted by Crippen LogP contribution is -2.27. The Labute approximate surface area is 85.8 Å². The van der Waals surface area contributed by atoms with E-state index in [9.17, 15) is 0 Å². The molecule has 0 aliphatic carbocycles. The Bertz CT molecular complexity index is 363. The minimum atomic E-state index is -0.0875. The molecule has 1 atom stereocenters. The molecule has 0 heterocycles. The summed E-state index contributed by atoms with van der Waals surface area (Å²) in [5.41, 5.74) is 3.57. The van der Waals surface area contributed by atoms with Crippen molar-refractivity contribution >= 4 is 5.69 Å². The van der Waals surface area contributed by atoms with Crippen molar-refractivity contribution < 1.29 is 0 Å². The third-order valence-corrected chi connectivity index (χ3v) is 2.51. The predicted molar refractivity (Wildman–Crippen MR) is 59.4 cm³/mol. The van der Waals surface area contributed by atoms with Crippen LogP contribution in [-0.2, 0) is 0 Å². The fourth-order valence-electron chi connectivity index (χ4n) is 1.39. The van der Waals surface area contributed by atoms with Crippen molar-refractivity contribution in [3.05, 3.63) is 29.3 Å². The van der Waals surface area contributed by atoms with Crippen LogP contribution in [-0.4, -0.2) is 13.1 Å². The molecule has 0 aliphatic heterocycles. The van der Waals surface area contributed by atoms with Crippen LogP contribution in [0.5, 0.6) is 0 Å². The molecule has 1 rings (SSSR count). The van der Waals surface area contributed by atoms with Crippen LogP contribution in [0, 0.1) is 25.2 Å². The second-order valence-electron chi connectivity index (χ2n) is 3.71. The van der Waals surface area contributed by atoms with Crippen LogP contribution in [0.25, 0.3) is 0 Å². The highest BCUT2D eigenvalue weighted by Gasteiger charge is 2.10. The minimum Gasteiger partial charge on any atom is -0.359 e. The number of rotatable bonds is 2. The standard InChI is InChI=1S/C12H16N2/c1-9-5-6-10(2)12(7-9)14(4)11(3)8-13/h5-7,11H,1-4H3. The van der Waals surface area contributed by atoms with Gasteiger partial charge in [0.1, 0.15) is 6.04 Å². The molecule has 0 spiro atoms. The van der Waals surface area contributed by atoms with Crippen molar-refractivity contribution in [3.8, 4) is 6.07 Å². The highest BCUT2D eigenvalue weighted by atomic mass is 15.1. The second kappa shape index (κ2) is 4.15. The maximum atomic E-state index is 8.84. The molecule has 0 fully saturated rings. The zero-order chi connectivity index (χ0) is 10.7. The van der Waals surface area contributed by atoms with Crippen molar-refractivity contribution in [2.45, 2.75) is 26.8 Å². The summed E-state index contributed by atoms with van der Waals surface area (Å²) in [6, 6.07) is 8.44. The molecular weight excluding hydrogens is 172 g/mol. The normalized spacial score (nSPS) is 11.9. The first-order chi connectivity index (χ1) is 6.56. The molecule has 0 N–H and O–H groups in total. The van der Waals surface area contributed by atoms with E-state index in [1.54, 1.807) is 0 Å². The number of aryl methyl sites for hydroxylation is 2. The number of hydrogen-bond donors (Lipinski definition) is 0. The Kier molecular flexibility index (Phi) is 3.14. The van der Waals surface area contributed by atoms with Gasteiger partial charge in [-0.25, -0.2) is 0 Å². The van der Waals surface area contributed by atoms with E-state index in [4.69, 9.17) is 5.26 Å². The van der Waals surface area contributed by atoms with E-state index in [0.717, 1.165) is 5.69 Å². The summed E-state index contributed by atoms with van der Waals surface area (Å²) < 4.78 is 0. The Morgan fingerprint density at radius 3 is 2.57 bits per heavy atom. The maximum Gasteiger partial charge on any atom is 0.113 e. The molecular formula is C12H16N2. The van der Waals surface area contributed by atoms with Crippen LogP contribution in [0.2, 0.25) is 0 Å². The number of benzene rings is 1. The van der Waals surface area contributed by atoms with Gasteiger partial charge in [-0.05, 0) is 38.0 Å². The molecule has 2 heteroatoms. The second-order valence-corrected chi connectivity index (χ2v) is 3.71. The minimum absolute atomic E-state index is 0.0875. The number of nitriles is 1. The Morgan fingerprint density at radius 1 is 1.36 bits per heavy atom. The summed E-state index contributed by atoms with van der Waals surface area (Å²) in [6.07, 6.45) is 0. The smallest absolute Gasteiger partial charge is 0.113 e. The number of anilines is 1. The van der Waals surface area contributed by atoms with E-state index in [1.165, 1.54) is 11.1 Å². The molecule has 0 amide bonds. The molecule has 0 aromatic heterocycles. The molecule has 1 unspecified atom stereocenters. The van der Waals surface area contributed by atoms with E-state index in [2.05, 4.69) is 38.1 Å². The maximum absolute atomic E-state index is 8.84. The average molecular weight is 188 g/mol. The first-order valence-corrected chi connectivity index (χ1v) is 4.76. The van der Waals surface area contributed by atoms with E-state index < -0.39 is 0 Å². The van der Waals surface area contributed by atoms with Crippen molar-refractivity contribution in [3.63, 3.8) is 0 Å². The largest absolute Gasteiger partial charge is 0.359 e. The van der Waals surface area contributed by atoms with Crippen LogP contribution in [0.3, 0.4) is 0 Å². The van der Waals surface area contributed by atoms with E-state index in [0.29, 0.717) is 0 Å². The summed E-state index contributed by atoms with van der Waals surface area (Å²) in [7, 11) is 1.95. The van der Waals surface area contributed by atoms with Crippen LogP contribution in [0.1, 0.15) is 18.1 Å². The van der Waals surface area contributed by atoms with Gasteiger partial charge in [0.15, 0.2) is 0 Å². The molecule has 1 aromatic rings. The third-order valence-electron chi connectivity index (χ3n) is 2.51. The van der Waals surface area contributed by atoms with Crippen molar-refractivity contribution in [1.82, 2.24) is 0 Å². The van der Waals surface area contributed by atoms with Gasteiger partial charge in [-0.15, -0.1) is 0 Å². The molecule has 1 aromatic carbocycles. The van der Waals surface area contributed by atoms with E-state index in [1.807, 2.05) is 18.9 Å².